The summed E-state index contributed by atoms with van der Waals surface area (Å²) in [6, 6.07) is 11.4. The number of anilines is 1. The number of nitrogens with zero attached hydrogens (tertiary/aromatic N) is 2. The van der Waals surface area contributed by atoms with Crippen molar-refractivity contribution in [3.63, 3.8) is 0 Å². The van der Waals surface area contributed by atoms with Gasteiger partial charge in [0.1, 0.15) is 0 Å². The molecule has 1 aliphatic rings. The highest BCUT2D eigenvalue weighted by Crippen LogP contribution is 2.39. The summed E-state index contributed by atoms with van der Waals surface area (Å²) >= 11 is 0. The molecule has 2 aromatic rings. The topological polar surface area (TPSA) is 97.4 Å². The highest BCUT2D eigenvalue weighted by atomic mass is 32.2. The van der Waals surface area contributed by atoms with Crippen molar-refractivity contribution in [1.29, 1.82) is 0 Å². The minimum Gasteiger partial charge on any atom is -0.490 e. The van der Waals surface area contributed by atoms with E-state index in [1.807, 2.05) is 45.9 Å². The first kappa shape index (κ1) is 27.6. The number of sulfonamides is 1. The van der Waals surface area contributed by atoms with Crippen LogP contribution in [0.5, 0.6) is 17.2 Å². The second-order valence-electron chi connectivity index (χ2n) is 8.40. The lowest BCUT2D eigenvalue weighted by atomic mass is 10.1. The van der Waals surface area contributed by atoms with Gasteiger partial charge in [-0.3, -0.25) is 4.79 Å². The van der Waals surface area contributed by atoms with Crippen molar-refractivity contribution in [2.45, 2.75) is 27.7 Å². The number of ether oxygens (including phenoxy) is 3. The Bertz CT molecular complexity index is 1100. The molecule has 0 bridgehead atoms. The molecule has 1 heterocycles. The van der Waals surface area contributed by atoms with Gasteiger partial charge in [-0.05, 0) is 57.5 Å². The average molecular weight is 520 g/mol. The normalized spacial score (nSPS) is 14.4. The van der Waals surface area contributed by atoms with Gasteiger partial charge in [-0.1, -0.05) is 12.1 Å². The van der Waals surface area contributed by atoms with Crippen molar-refractivity contribution in [2.24, 2.45) is 0 Å². The molecule has 0 aromatic heterocycles. The lowest BCUT2D eigenvalue weighted by Crippen LogP contribution is -2.50. The van der Waals surface area contributed by atoms with Gasteiger partial charge in [-0.2, -0.15) is 4.31 Å². The molecule has 1 aliphatic heterocycles. The molecule has 0 spiro atoms. The summed E-state index contributed by atoms with van der Waals surface area (Å²) in [6.45, 7) is 10.9. The number of carbonyl (C=O) groups excluding carboxylic acids is 1. The Morgan fingerprint density at radius 3 is 2.08 bits per heavy atom. The molecule has 1 N–H and O–H groups in total. The van der Waals surface area contributed by atoms with Crippen molar-refractivity contribution >= 4 is 21.6 Å². The van der Waals surface area contributed by atoms with Crippen LogP contribution in [0.4, 0.5) is 5.69 Å². The first-order valence-electron chi connectivity index (χ1n) is 12.4. The first-order chi connectivity index (χ1) is 17.3. The Kier molecular flexibility index (Phi) is 9.83. The molecule has 0 saturated carbocycles. The van der Waals surface area contributed by atoms with E-state index < -0.39 is 15.9 Å². The molecule has 36 heavy (non-hydrogen) atoms. The van der Waals surface area contributed by atoms with E-state index in [2.05, 4.69) is 16.3 Å². The summed E-state index contributed by atoms with van der Waals surface area (Å²) in [7, 11) is -3.50. The predicted molar refractivity (Wildman–Crippen MR) is 141 cm³/mol. The standard InChI is InChI=1S/C26H37N3O6S/c1-5-33-23-18-21(19-24(34-6-2)25(23)35-7-3)26(30)27-11-16-36(31,32)29-14-12-28(13-15-29)22-10-8-9-20(4)17-22/h8-10,17-19H,5-7,11-16H2,1-4H3,(H,27,30). The number of nitrogens with one attached hydrogen (secondary N) is 1. The fourth-order valence-corrected chi connectivity index (χ4v) is 5.43. The maximum Gasteiger partial charge on any atom is 0.251 e. The summed E-state index contributed by atoms with van der Waals surface area (Å²) in [6.07, 6.45) is 0. The molecular weight excluding hydrogens is 482 g/mol. The molecular formula is C26H37N3O6S. The largest absolute Gasteiger partial charge is 0.490 e. The Morgan fingerprint density at radius 1 is 0.917 bits per heavy atom. The second kappa shape index (κ2) is 12.8. The number of aryl methyl sites for hydroxylation is 1. The monoisotopic (exact) mass is 519 g/mol. The molecule has 0 radical (unpaired) electrons. The summed E-state index contributed by atoms with van der Waals surface area (Å²) in [5, 5.41) is 2.72. The van der Waals surface area contributed by atoms with Crippen LogP contribution < -0.4 is 24.4 Å². The highest BCUT2D eigenvalue weighted by Gasteiger charge is 2.27. The van der Waals surface area contributed by atoms with Gasteiger partial charge in [0.25, 0.3) is 5.91 Å². The third kappa shape index (κ3) is 7.04. The molecule has 0 unspecified atom stereocenters. The van der Waals surface area contributed by atoms with Crippen molar-refractivity contribution in [2.75, 3.05) is 63.2 Å². The van der Waals surface area contributed by atoms with Crippen LogP contribution in [0.15, 0.2) is 36.4 Å². The Morgan fingerprint density at radius 2 is 1.53 bits per heavy atom. The van der Waals surface area contributed by atoms with Gasteiger partial charge in [0.15, 0.2) is 11.5 Å². The maximum atomic E-state index is 12.9. The summed E-state index contributed by atoms with van der Waals surface area (Å²) in [5.74, 6) is 0.699. The molecule has 0 aliphatic carbocycles. The fourth-order valence-electron chi connectivity index (χ4n) is 4.09. The number of rotatable bonds is 12. The van der Waals surface area contributed by atoms with Crippen molar-refractivity contribution in [3.8, 4) is 17.2 Å². The van der Waals surface area contributed by atoms with Gasteiger partial charge >= 0.3 is 0 Å². The van der Waals surface area contributed by atoms with Crippen LogP contribution in [0.1, 0.15) is 36.7 Å². The van der Waals surface area contributed by atoms with Gasteiger partial charge in [0, 0.05) is 44.0 Å². The van der Waals surface area contributed by atoms with Crippen LogP contribution >= 0.6 is 0 Å². The van der Waals surface area contributed by atoms with Crippen molar-refractivity contribution in [3.05, 3.63) is 47.5 Å². The summed E-state index contributed by atoms with van der Waals surface area (Å²) < 4.78 is 44.3. The highest BCUT2D eigenvalue weighted by molar-refractivity contribution is 7.89. The molecule has 1 amide bonds. The molecule has 1 saturated heterocycles. The van der Waals surface area contributed by atoms with Crippen LogP contribution in [-0.2, 0) is 10.0 Å². The van der Waals surface area contributed by atoms with E-state index in [0.29, 0.717) is 68.8 Å². The van der Waals surface area contributed by atoms with E-state index in [1.165, 1.54) is 9.87 Å². The summed E-state index contributed by atoms with van der Waals surface area (Å²) in [5.41, 5.74) is 2.59. The van der Waals surface area contributed by atoms with Gasteiger partial charge in [-0.15, -0.1) is 0 Å². The molecule has 0 atom stereocenters. The molecule has 10 heteroatoms. The smallest absolute Gasteiger partial charge is 0.251 e. The van der Waals surface area contributed by atoms with Gasteiger partial charge < -0.3 is 24.4 Å². The summed E-state index contributed by atoms with van der Waals surface area (Å²) in [4.78, 5) is 15.0. The third-order valence-electron chi connectivity index (χ3n) is 5.82. The number of benzene rings is 2. The van der Waals surface area contributed by atoms with Gasteiger partial charge in [-0.25, -0.2) is 8.42 Å². The molecule has 2 aromatic carbocycles. The SMILES string of the molecule is CCOc1cc(C(=O)NCCS(=O)(=O)N2CCN(c3cccc(C)c3)CC2)cc(OCC)c1OCC. The zero-order valence-corrected chi connectivity index (χ0v) is 22.4. The minimum atomic E-state index is -3.50. The lowest BCUT2D eigenvalue weighted by molar-refractivity contribution is 0.0955. The van der Waals surface area contributed by atoms with E-state index in [-0.39, 0.29) is 12.3 Å². The van der Waals surface area contributed by atoms with Crippen LogP contribution in [0.3, 0.4) is 0 Å². The predicted octanol–water partition coefficient (Wildman–Crippen LogP) is 3.07. The van der Waals surface area contributed by atoms with E-state index in [0.717, 1.165) is 5.69 Å². The van der Waals surface area contributed by atoms with Crippen molar-refractivity contribution in [1.82, 2.24) is 9.62 Å². The first-order valence-corrected chi connectivity index (χ1v) is 14.0. The van der Waals surface area contributed by atoms with Crippen molar-refractivity contribution < 1.29 is 27.4 Å². The van der Waals surface area contributed by atoms with Crippen LogP contribution in [0, 0.1) is 6.92 Å². The zero-order chi connectivity index (χ0) is 26.1. The van der Waals surface area contributed by atoms with E-state index >= 15 is 0 Å². The quantitative estimate of drug-likeness (QED) is 0.460. The van der Waals surface area contributed by atoms with E-state index in [4.69, 9.17) is 14.2 Å². The Labute approximate surface area is 214 Å². The zero-order valence-electron chi connectivity index (χ0n) is 21.6. The molecule has 9 nitrogen and oxygen atoms in total. The van der Waals surface area contributed by atoms with E-state index in [9.17, 15) is 13.2 Å². The third-order valence-corrected chi connectivity index (χ3v) is 7.69. The molecule has 1 fully saturated rings. The number of carbonyl (C=O) groups is 1. The van der Waals surface area contributed by atoms with E-state index in [1.54, 1.807) is 12.1 Å². The number of hydrogen-bond acceptors (Lipinski definition) is 7. The number of hydrogen-bond donors (Lipinski definition) is 1. The van der Waals surface area contributed by atoms with Crippen LogP contribution in [-0.4, -0.2) is 76.9 Å². The van der Waals surface area contributed by atoms with Gasteiger partial charge in [0.05, 0.1) is 25.6 Å². The Balaban J connectivity index is 1.59. The maximum absolute atomic E-state index is 12.9. The lowest BCUT2D eigenvalue weighted by Gasteiger charge is -2.35. The minimum absolute atomic E-state index is 0.000406. The second-order valence-corrected chi connectivity index (χ2v) is 10.5. The van der Waals surface area contributed by atoms with Crippen LogP contribution in [0.2, 0.25) is 0 Å². The average Bonchev–Trinajstić information content (AvgIpc) is 2.86. The fraction of sp³-hybridized carbons (Fsp3) is 0.500. The molecule has 198 valence electrons. The Hall–Kier alpha value is -2.98. The van der Waals surface area contributed by atoms with Gasteiger partial charge in [0.2, 0.25) is 15.8 Å². The number of piperazine rings is 1. The molecule has 3 rings (SSSR count). The number of amides is 1. The van der Waals surface area contributed by atoms with Crippen LogP contribution in [0.25, 0.3) is 0 Å².